The maximum absolute atomic E-state index is 13.0. The van der Waals surface area contributed by atoms with Gasteiger partial charge in [0.1, 0.15) is 5.82 Å². The Kier molecular flexibility index (Phi) is 4.68. The number of rotatable bonds is 3. The number of Topliss-reactive ketones (excluding diaryl/α,β-unsaturated/α-hetero) is 1. The molecule has 0 saturated carbocycles. The van der Waals surface area contributed by atoms with E-state index in [0.717, 1.165) is 18.2 Å². The smallest absolute Gasteiger partial charge is 0.298 e. The van der Waals surface area contributed by atoms with Gasteiger partial charge in [0.05, 0.1) is 5.02 Å². The molecule has 0 unspecified atom stereocenters. The summed E-state index contributed by atoms with van der Waals surface area (Å²) in [6.07, 6.45) is -12.8. The quantitative estimate of drug-likeness (QED) is 0.757. The first-order valence-corrected chi connectivity index (χ1v) is 5.41. The molecule has 9 heteroatoms. The zero-order valence-electron chi connectivity index (χ0n) is 9.45. The first kappa shape index (κ1) is 16.7. The van der Waals surface area contributed by atoms with E-state index in [1.807, 2.05) is 0 Å². The SMILES string of the molecule is O=C(Cc1cccc(F)c1Cl)C(C(F)(F)F)C(F)(F)F. The van der Waals surface area contributed by atoms with E-state index < -0.39 is 46.9 Å². The lowest BCUT2D eigenvalue weighted by atomic mass is 9.96. The van der Waals surface area contributed by atoms with Gasteiger partial charge in [0.25, 0.3) is 0 Å². The predicted octanol–water partition coefficient (Wildman–Crippen LogP) is 4.33. The first-order chi connectivity index (χ1) is 8.94. The Hall–Kier alpha value is -1.31. The Bertz CT molecular complexity index is 492. The Morgan fingerprint density at radius 2 is 1.60 bits per heavy atom. The number of benzene rings is 1. The third-order valence-corrected chi connectivity index (χ3v) is 2.80. The standard InChI is InChI=1S/C11H6ClF7O/c12-8-5(2-1-3-6(8)13)4-7(20)9(10(14,15)16)11(17,18)19/h1-3,9H,4H2. The average molecular weight is 323 g/mol. The predicted molar refractivity (Wildman–Crippen MR) is 55.7 cm³/mol. The van der Waals surface area contributed by atoms with Gasteiger partial charge >= 0.3 is 12.4 Å². The molecule has 0 heterocycles. The van der Waals surface area contributed by atoms with Crippen LogP contribution in [0.3, 0.4) is 0 Å². The van der Waals surface area contributed by atoms with E-state index in [4.69, 9.17) is 11.6 Å². The number of carbonyl (C=O) groups excluding carboxylic acids is 1. The summed E-state index contributed by atoms with van der Waals surface area (Å²) in [6.45, 7) is 0. The first-order valence-electron chi connectivity index (χ1n) is 5.03. The third kappa shape index (κ3) is 3.84. The molecule has 0 aliphatic carbocycles. The van der Waals surface area contributed by atoms with Gasteiger partial charge in [-0.2, -0.15) is 26.3 Å². The topological polar surface area (TPSA) is 17.1 Å². The lowest BCUT2D eigenvalue weighted by molar-refractivity contribution is -0.273. The molecule has 1 rings (SSSR count). The summed E-state index contributed by atoms with van der Waals surface area (Å²) in [6, 6.07) is 2.87. The van der Waals surface area contributed by atoms with Crippen LogP contribution in [0.5, 0.6) is 0 Å². The van der Waals surface area contributed by atoms with Crippen molar-refractivity contribution in [3.63, 3.8) is 0 Å². The third-order valence-electron chi connectivity index (χ3n) is 2.37. The van der Waals surface area contributed by atoms with Crippen LogP contribution >= 0.6 is 11.6 Å². The minimum Gasteiger partial charge on any atom is -0.298 e. The molecule has 0 aliphatic rings. The molecule has 1 aromatic carbocycles. The van der Waals surface area contributed by atoms with Crippen molar-refractivity contribution < 1.29 is 35.5 Å². The molecule has 20 heavy (non-hydrogen) atoms. The van der Waals surface area contributed by atoms with Crippen molar-refractivity contribution in [2.75, 3.05) is 0 Å². The van der Waals surface area contributed by atoms with Crippen molar-refractivity contribution in [1.29, 1.82) is 0 Å². The van der Waals surface area contributed by atoms with Gasteiger partial charge in [0.15, 0.2) is 5.78 Å². The molecule has 0 fully saturated rings. The normalized spacial score (nSPS) is 12.8. The Balaban J connectivity index is 3.07. The molecule has 0 radical (unpaired) electrons. The van der Waals surface area contributed by atoms with Gasteiger partial charge in [-0.05, 0) is 11.6 Å². The molecule has 0 bridgehead atoms. The number of ketones is 1. The van der Waals surface area contributed by atoms with Crippen molar-refractivity contribution in [3.8, 4) is 0 Å². The molecule has 0 aliphatic heterocycles. The van der Waals surface area contributed by atoms with Gasteiger partial charge in [0, 0.05) is 6.42 Å². The van der Waals surface area contributed by atoms with Gasteiger partial charge < -0.3 is 0 Å². The molecular weight excluding hydrogens is 317 g/mol. The summed E-state index contributed by atoms with van der Waals surface area (Å²) in [5.41, 5.74) is -0.435. The summed E-state index contributed by atoms with van der Waals surface area (Å²) in [4.78, 5) is 11.2. The molecule has 0 spiro atoms. The van der Waals surface area contributed by atoms with Crippen molar-refractivity contribution in [3.05, 3.63) is 34.6 Å². The Labute approximate surface area is 113 Å². The number of halogens is 8. The zero-order chi connectivity index (χ0) is 15.7. The fraction of sp³-hybridized carbons (Fsp3) is 0.364. The molecule has 1 nitrogen and oxygen atoms in total. The summed E-state index contributed by atoms with van der Waals surface area (Å²) in [5, 5.41) is -0.677. The highest BCUT2D eigenvalue weighted by Gasteiger charge is 2.60. The largest absolute Gasteiger partial charge is 0.407 e. The van der Waals surface area contributed by atoms with E-state index in [9.17, 15) is 35.5 Å². The minimum absolute atomic E-state index is 0.435. The number of hydrogen-bond donors (Lipinski definition) is 0. The van der Waals surface area contributed by atoms with Gasteiger partial charge in [-0.1, -0.05) is 23.7 Å². The molecular formula is C11H6ClF7O. The highest BCUT2D eigenvalue weighted by Crippen LogP contribution is 2.40. The van der Waals surface area contributed by atoms with E-state index >= 15 is 0 Å². The van der Waals surface area contributed by atoms with Crippen LogP contribution in [-0.2, 0) is 11.2 Å². The molecule has 0 N–H and O–H groups in total. The maximum Gasteiger partial charge on any atom is 0.407 e. The zero-order valence-corrected chi connectivity index (χ0v) is 10.2. The highest BCUT2D eigenvalue weighted by atomic mass is 35.5. The Morgan fingerprint density at radius 3 is 2.05 bits per heavy atom. The number of carbonyl (C=O) groups is 1. The van der Waals surface area contributed by atoms with Gasteiger partial charge in [-0.15, -0.1) is 0 Å². The summed E-state index contributed by atoms with van der Waals surface area (Å²) >= 11 is 5.38. The van der Waals surface area contributed by atoms with Crippen molar-refractivity contribution >= 4 is 17.4 Å². The average Bonchev–Trinajstić information content (AvgIpc) is 2.20. The summed E-state index contributed by atoms with van der Waals surface area (Å²) in [5.74, 6) is -7.29. The van der Waals surface area contributed by atoms with Crippen LogP contribution < -0.4 is 0 Å². The second-order valence-corrected chi connectivity index (χ2v) is 4.25. The van der Waals surface area contributed by atoms with Crippen LogP contribution in [0.1, 0.15) is 5.56 Å². The second kappa shape index (κ2) is 5.59. The van der Waals surface area contributed by atoms with Gasteiger partial charge in [-0.25, -0.2) is 4.39 Å². The molecule has 0 saturated heterocycles. The van der Waals surface area contributed by atoms with E-state index in [1.165, 1.54) is 0 Å². The molecule has 0 amide bonds. The Morgan fingerprint density at radius 1 is 1.10 bits per heavy atom. The van der Waals surface area contributed by atoms with Crippen LogP contribution in [0.4, 0.5) is 30.7 Å². The van der Waals surface area contributed by atoms with E-state index in [1.54, 1.807) is 0 Å². The highest BCUT2D eigenvalue weighted by molar-refractivity contribution is 6.31. The number of hydrogen-bond acceptors (Lipinski definition) is 1. The fourth-order valence-corrected chi connectivity index (χ4v) is 1.72. The summed E-state index contributed by atoms with van der Waals surface area (Å²) in [7, 11) is 0. The van der Waals surface area contributed by atoms with Gasteiger partial charge in [0.2, 0.25) is 5.92 Å². The van der Waals surface area contributed by atoms with E-state index in [-0.39, 0.29) is 0 Å². The monoisotopic (exact) mass is 322 g/mol. The van der Waals surface area contributed by atoms with Crippen LogP contribution in [0.15, 0.2) is 18.2 Å². The second-order valence-electron chi connectivity index (χ2n) is 3.87. The van der Waals surface area contributed by atoms with Crippen LogP contribution in [0.2, 0.25) is 5.02 Å². The van der Waals surface area contributed by atoms with Crippen molar-refractivity contribution in [2.45, 2.75) is 18.8 Å². The molecule has 112 valence electrons. The van der Waals surface area contributed by atoms with E-state index in [0.29, 0.717) is 0 Å². The van der Waals surface area contributed by atoms with Crippen LogP contribution in [0, 0.1) is 11.7 Å². The molecule has 0 atom stereocenters. The van der Waals surface area contributed by atoms with Crippen molar-refractivity contribution in [2.24, 2.45) is 5.92 Å². The number of alkyl halides is 6. The van der Waals surface area contributed by atoms with Crippen LogP contribution in [0.25, 0.3) is 0 Å². The van der Waals surface area contributed by atoms with Crippen molar-refractivity contribution in [1.82, 2.24) is 0 Å². The van der Waals surface area contributed by atoms with Gasteiger partial charge in [-0.3, -0.25) is 4.79 Å². The van der Waals surface area contributed by atoms with E-state index in [2.05, 4.69) is 0 Å². The van der Waals surface area contributed by atoms with Crippen LogP contribution in [-0.4, -0.2) is 18.1 Å². The minimum atomic E-state index is -5.77. The molecule has 0 aromatic heterocycles. The maximum atomic E-state index is 13.0. The lowest BCUT2D eigenvalue weighted by Crippen LogP contribution is -2.43. The lowest BCUT2D eigenvalue weighted by Gasteiger charge is -2.21. The fourth-order valence-electron chi connectivity index (χ4n) is 1.53. The summed E-state index contributed by atoms with van der Waals surface area (Å²) < 4.78 is 86.8. The molecule has 1 aromatic rings.